The Bertz CT molecular complexity index is 717. The summed E-state index contributed by atoms with van der Waals surface area (Å²) in [5, 5.41) is 7.81. The molecule has 22 heavy (non-hydrogen) atoms. The third-order valence-corrected chi connectivity index (χ3v) is 3.85. The van der Waals surface area contributed by atoms with Gasteiger partial charge in [-0.25, -0.2) is 4.68 Å². The van der Waals surface area contributed by atoms with Crippen LogP contribution < -0.4 is 10.9 Å². The van der Waals surface area contributed by atoms with Crippen molar-refractivity contribution >= 4 is 0 Å². The summed E-state index contributed by atoms with van der Waals surface area (Å²) in [4.78, 5) is 12.4. The zero-order valence-corrected chi connectivity index (χ0v) is 14.1. The van der Waals surface area contributed by atoms with Crippen molar-refractivity contribution in [1.82, 2.24) is 15.1 Å². The van der Waals surface area contributed by atoms with Crippen molar-refractivity contribution in [1.29, 1.82) is 0 Å². The van der Waals surface area contributed by atoms with Gasteiger partial charge in [0, 0.05) is 30.3 Å². The van der Waals surface area contributed by atoms with Gasteiger partial charge in [0.25, 0.3) is 5.56 Å². The summed E-state index contributed by atoms with van der Waals surface area (Å²) in [6.07, 6.45) is 0. The van der Waals surface area contributed by atoms with Crippen LogP contribution in [0.25, 0.3) is 11.3 Å². The molecule has 0 aliphatic carbocycles. The molecule has 0 amide bonds. The normalized spacial score (nSPS) is 11.2. The van der Waals surface area contributed by atoms with Crippen molar-refractivity contribution in [3.63, 3.8) is 0 Å². The minimum atomic E-state index is -0.0109. The molecule has 0 saturated carbocycles. The second-order valence-corrected chi connectivity index (χ2v) is 6.01. The first-order chi connectivity index (χ1) is 10.4. The third kappa shape index (κ3) is 3.63. The first-order valence-corrected chi connectivity index (χ1v) is 7.84. The van der Waals surface area contributed by atoms with Crippen LogP contribution in [0.15, 0.2) is 29.1 Å². The zero-order chi connectivity index (χ0) is 16.3. The van der Waals surface area contributed by atoms with Crippen LogP contribution in [0, 0.1) is 13.8 Å². The number of aromatic nitrogens is 2. The molecule has 0 unspecified atom stereocenters. The molecule has 0 spiro atoms. The number of hydrogen-bond acceptors (Lipinski definition) is 3. The summed E-state index contributed by atoms with van der Waals surface area (Å²) in [7, 11) is 0. The predicted molar refractivity (Wildman–Crippen MR) is 91.1 cm³/mol. The van der Waals surface area contributed by atoms with Gasteiger partial charge >= 0.3 is 0 Å². The highest BCUT2D eigenvalue weighted by Gasteiger charge is 2.10. The molecule has 0 aliphatic heterocycles. The van der Waals surface area contributed by atoms with Crippen molar-refractivity contribution in [2.24, 2.45) is 0 Å². The molecule has 0 saturated heterocycles. The van der Waals surface area contributed by atoms with Crippen molar-refractivity contribution in [2.75, 3.05) is 0 Å². The summed E-state index contributed by atoms with van der Waals surface area (Å²) in [5.41, 5.74) is 5.15. The molecule has 0 bridgehead atoms. The lowest BCUT2D eigenvalue weighted by molar-refractivity contribution is 0.564. The lowest BCUT2D eigenvalue weighted by Crippen LogP contribution is -2.31. The fourth-order valence-corrected chi connectivity index (χ4v) is 2.29. The fraction of sp³-hybridized carbons (Fsp3) is 0.444. The Morgan fingerprint density at radius 2 is 1.91 bits per heavy atom. The SMILES string of the molecule is CCn1nc(-c2ccc(C)c(C)c2)cc(CNC(C)C)c1=O. The van der Waals surface area contributed by atoms with E-state index in [9.17, 15) is 4.79 Å². The van der Waals surface area contributed by atoms with Crippen LogP contribution in [0.4, 0.5) is 0 Å². The molecule has 1 N–H and O–H groups in total. The first kappa shape index (κ1) is 16.4. The second-order valence-electron chi connectivity index (χ2n) is 6.01. The van der Waals surface area contributed by atoms with Gasteiger partial charge in [0.1, 0.15) is 0 Å². The summed E-state index contributed by atoms with van der Waals surface area (Å²) >= 11 is 0. The number of benzene rings is 1. The van der Waals surface area contributed by atoms with Crippen LogP contribution in [0.3, 0.4) is 0 Å². The molecule has 0 atom stereocenters. The Morgan fingerprint density at radius 3 is 2.50 bits per heavy atom. The average Bonchev–Trinajstić information content (AvgIpc) is 2.49. The quantitative estimate of drug-likeness (QED) is 0.923. The second kappa shape index (κ2) is 6.88. The van der Waals surface area contributed by atoms with E-state index in [4.69, 9.17) is 0 Å². The smallest absolute Gasteiger partial charge is 0.271 e. The Hall–Kier alpha value is -1.94. The molecule has 2 rings (SSSR count). The van der Waals surface area contributed by atoms with Crippen LogP contribution in [0.5, 0.6) is 0 Å². The molecular formula is C18H25N3O. The van der Waals surface area contributed by atoms with Crippen molar-refractivity contribution in [3.05, 3.63) is 51.3 Å². The number of nitrogens with zero attached hydrogens (tertiary/aromatic N) is 2. The lowest BCUT2D eigenvalue weighted by Gasteiger charge is -2.12. The van der Waals surface area contributed by atoms with E-state index in [0.29, 0.717) is 19.1 Å². The summed E-state index contributed by atoms with van der Waals surface area (Å²) in [5.74, 6) is 0. The molecule has 2 aromatic rings. The van der Waals surface area contributed by atoms with Gasteiger partial charge in [0.2, 0.25) is 0 Å². The fourth-order valence-electron chi connectivity index (χ4n) is 2.29. The molecule has 1 aromatic carbocycles. The molecule has 4 heteroatoms. The monoisotopic (exact) mass is 299 g/mol. The Morgan fingerprint density at radius 1 is 1.18 bits per heavy atom. The summed E-state index contributed by atoms with van der Waals surface area (Å²) in [6, 6.07) is 8.54. The lowest BCUT2D eigenvalue weighted by atomic mass is 10.0. The largest absolute Gasteiger partial charge is 0.310 e. The number of nitrogens with one attached hydrogen (secondary N) is 1. The van der Waals surface area contributed by atoms with E-state index in [0.717, 1.165) is 16.8 Å². The van der Waals surface area contributed by atoms with E-state index in [1.54, 1.807) is 4.68 Å². The molecule has 118 valence electrons. The van der Waals surface area contributed by atoms with E-state index < -0.39 is 0 Å². The topological polar surface area (TPSA) is 46.9 Å². The summed E-state index contributed by atoms with van der Waals surface area (Å²) < 4.78 is 1.54. The number of hydrogen-bond donors (Lipinski definition) is 1. The standard InChI is InChI=1S/C18H25N3O/c1-6-21-18(22)16(11-19-12(2)3)10-17(20-21)15-8-7-13(4)14(5)9-15/h7-10,12,19H,6,11H2,1-5H3. The van der Waals surface area contributed by atoms with Crippen LogP contribution in [0.1, 0.15) is 37.5 Å². The van der Waals surface area contributed by atoms with Crippen molar-refractivity contribution in [3.8, 4) is 11.3 Å². The van der Waals surface area contributed by atoms with E-state index in [1.807, 2.05) is 13.0 Å². The Kier molecular flexibility index (Phi) is 5.14. The molecule has 4 nitrogen and oxygen atoms in total. The zero-order valence-electron chi connectivity index (χ0n) is 14.1. The van der Waals surface area contributed by atoms with Crippen LogP contribution in [-0.4, -0.2) is 15.8 Å². The van der Waals surface area contributed by atoms with Crippen LogP contribution >= 0.6 is 0 Å². The maximum Gasteiger partial charge on any atom is 0.271 e. The molecule has 1 aromatic heterocycles. The van der Waals surface area contributed by atoms with Gasteiger partial charge in [-0.15, -0.1) is 0 Å². The van der Waals surface area contributed by atoms with E-state index in [1.165, 1.54) is 11.1 Å². The van der Waals surface area contributed by atoms with Crippen molar-refractivity contribution in [2.45, 2.75) is 53.8 Å². The van der Waals surface area contributed by atoms with E-state index in [-0.39, 0.29) is 5.56 Å². The Balaban J connectivity index is 2.49. The van der Waals surface area contributed by atoms with Gasteiger partial charge in [0.05, 0.1) is 5.69 Å². The summed E-state index contributed by atoms with van der Waals surface area (Å²) in [6.45, 7) is 11.4. The maximum atomic E-state index is 12.4. The van der Waals surface area contributed by atoms with Crippen LogP contribution in [-0.2, 0) is 13.1 Å². The van der Waals surface area contributed by atoms with Crippen LogP contribution in [0.2, 0.25) is 0 Å². The van der Waals surface area contributed by atoms with Gasteiger partial charge in [-0.1, -0.05) is 26.0 Å². The molecule has 0 fully saturated rings. The van der Waals surface area contributed by atoms with Gasteiger partial charge in [0.15, 0.2) is 0 Å². The Labute approximate surface area is 132 Å². The average molecular weight is 299 g/mol. The molecule has 0 aliphatic rings. The van der Waals surface area contributed by atoms with Gasteiger partial charge in [-0.2, -0.15) is 5.10 Å². The highest BCUT2D eigenvalue weighted by Crippen LogP contribution is 2.20. The molecule has 0 radical (unpaired) electrons. The molecule has 1 heterocycles. The first-order valence-electron chi connectivity index (χ1n) is 7.84. The van der Waals surface area contributed by atoms with Gasteiger partial charge < -0.3 is 5.32 Å². The minimum Gasteiger partial charge on any atom is -0.310 e. The van der Waals surface area contributed by atoms with Gasteiger partial charge in [-0.05, 0) is 44.0 Å². The predicted octanol–water partition coefficient (Wildman–Crippen LogP) is 3.05. The van der Waals surface area contributed by atoms with E-state index >= 15 is 0 Å². The highest BCUT2D eigenvalue weighted by molar-refractivity contribution is 5.61. The molecular weight excluding hydrogens is 274 g/mol. The van der Waals surface area contributed by atoms with Crippen molar-refractivity contribution < 1.29 is 0 Å². The number of aryl methyl sites for hydroxylation is 3. The minimum absolute atomic E-state index is 0.0109. The highest BCUT2D eigenvalue weighted by atomic mass is 16.1. The van der Waals surface area contributed by atoms with E-state index in [2.05, 4.69) is 56.3 Å². The van der Waals surface area contributed by atoms with Gasteiger partial charge in [-0.3, -0.25) is 4.79 Å². The maximum absolute atomic E-state index is 12.4. The number of rotatable bonds is 5. The third-order valence-electron chi connectivity index (χ3n) is 3.85.